The van der Waals surface area contributed by atoms with Crippen LogP contribution >= 0.6 is 11.8 Å². The van der Waals surface area contributed by atoms with E-state index >= 15 is 0 Å². The molecule has 0 bridgehead atoms. The molecule has 0 aliphatic heterocycles. The maximum atomic E-state index is 12.4. The standard InChI is InChI=1S/C17H31N5O6S/c1-9(2)6-10(18)15(25)22-11(4-5-29-3)16(26)20-8-14(24)21-12(17(27)28)7-13(19)23/h9-12H,4-8,18H2,1-3H3,(H2,19,23)(H,20,26)(H,21,24)(H,22,25)(H,27,28). The average molecular weight is 434 g/mol. The number of carboxylic acid groups (broad SMARTS) is 1. The highest BCUT2D eigenvalue weighted by Gasteiger charge is 2.25. The number of carboxylic acids is 1. The molecular formula is C17H31N5O6S. The van der Waals surface area contributed by atoms with E-state index in [1.165, 1.54) is 11.8 Å². The second-order valence-electron chi connectivity index (χ2n) is 6.93. The van der Waals surface area contributed by atoms with Crippen LogP contribution in [0.2, 0.25) is 0 Å². The van der Waals surface area contributed by atoms with Crippen molar-refractivity contribution in [3.63, 3.8) is 0 Å². The van der Waals surface area contributed by atoms with Crippen molar-refractivity contribution in [3.8, 4) is 0 Å². The van der Waals surface area contributed by atoms with E-state index in [0.717, 1.165) is 0 Å². The third-order valence-corrected chi connectivity index (χ3v) is 4.41. The molecule has 3 unspecified atom stereocenters. The van der Waals surface area contributed by atoms with Gasteiger partial charge in [0.25, 0.3) is 0 Å². The summed E-state index contributed by atoms with van der Waals surface area (Å²) in [5.74, 6) is -3.38. The number of nitrogens with two attached hydrogens (primary N) is 2. The van der Waals surface area contributed by atoms with Crippen LogP contribution in [0.3, 0.4) is 0 Å². The van der Waals surface area contributed by atoms with E-state index in [4.69, 9.17) is 16.6 Å². The van der Waals surface area contributed by atoms with Crippen molar-refractivity contribution < 1.29 is 29.1 Å². The molecule has 0 spiro atoms. The molecule has 3 atom stereocenters. The van der Waals surface area contributed by atoms with Gasteiger partial charge in [0.15, 0.2) is 0 Å². The van der Waals surface area contributed by atoms with Crippen molar-refractivity contribution in [1.29, 1.82) is 0 Å². The van der Waals surface area contributed by atoms with E-state index in [1.54, 1.807) is 0 Å². The lowest BCUT2D eigenvalue weighted by atomic mass is 10.0. The fourth-order valence-corrected chi connectivity index (χ4v) is 2.81. The highest BCUT2D eigenvalue weighted by Crippen LogP contribution is 2.05. The van der Waals surface area contributed by atoms with Crippen LogP contribution in [0.15, 0.2) is 0 Å². The van der Waals surface area contributed by atoms with E-state index in [1.807, 2.05) is 20.1 Å². The summed E-state index contributed by atoms with van der Waals surface area (Å²) in [5.41, 5.74) is 10.8. The molecule has 0 rings (SSSR count). The molecule has 12 heteroatoms. The highest BCUT2D eigenvalue weighted by atomic mass is 32.2. The van der Waals surface area contributed by atoms with Gasteiger partial charge in [0.05, 0.1) is 19.0 Å². The van der Waals surface area contributed by atoms with E-state index in [9.17, 15) is 24.0 Å². The van der Waals surface area contributed by atoms with Gasteiger partial charge in [-0.1, -0.05) is 13.8 Å². The summed E-state index contributed by atoms with van der Waals surface area (Å²) >= 11 is 1.48. The van der Waals surface area contributed by atoms with Crippen molar-refractivity contribution in [3.05, 3.63) is 0 Å². The summed E-state index contributed by atoms with van der Waals surface area (Å²) in [4.78, 5) is 58.4. The number of hydrogen-bond donors (Lipinski definition) is 6. The molecular weight excluding hydrogens is 402 g/mol. The number of nitrogens with one attached hydrogen (secondary N) is 3. The quantitative estimate of drug-likeness (QED) is 0.184. The first-order valence-electron chi connectivity index (χ1n) is 9.10. The summed E-state index contributed by atoms with van der Waals surface area (Å²) in [6, 6.07) is -3.13. The van der Waals surface area contributed by atoms with Gasteiger partial charge in [0.2, 0.25) is 23.6 Å². The number of amides is 4. The molecule has 0 aromatic heterocycles. The Morgan fingerprint density at radius 3 is 2.14 bits per heavy atom. The molecule has 0 saturated heterocycles. The van der Waals surface area contributed by atoms with Crippen molar-refractivity contribution in [1.82, 2.24) is 16.0 Å². The Morgan fingerprint density at radius 2 is 1.66 bits per heavy atom. The SMILES string of the molecule is CSCCC(NC(=O)C(N)CC(C)C)C(=O)NCC(=O)NC(CC(N)=O)C(=O)O. The zero-order chi connectivity index (χ0) is 22.6. The molecule has 0 aromatic rings. The predicted octanol–water partition coefficient (Wildman–Crippen LogP) is -1.84. The number of carbonyl (C=O) groups is 5. The van der Waals surface area contributed by atoms with E-state index in [-0.39, 0.29) is 5.92 Å². The van der Waals surface area contributed by atoms with Crippen molar-refractivity contribution in [2.45, 2.75) is 51.2 Å². The molecule has 0 fully saturated rings. The van der Waals surface area contributed by atoms with Gasteiger partial charge in [-0.3, -0.25) is 19.2 Å². The first-order valence-corrected chi connectivity index (χ1v) is 10.5. The van der Waals surface area contributed by atoms with Gasteiger partial charge in [-0.25, -0.2) is 4.79 Å². The summed E-state index contributed by atoms with van der Waals surface area (Å²) in [6.07, 6.45) is 2.06. The minimum absolute atomic E-state index is 0.209. The van der Waals surface area contributed by atoms with Crippen molar-refractivity contribution >= 4 is 41.4 Å². The Hall–Kier alpha value is -2.34. The van der Waals surface area contributed by atoms with Gasteiger partial charge in [-0.05, 0) is 30.8 Å². The van der Waals surface area contributed by atoms with Gasteiger partial charge < -0.3 is 32.5 Å². The van der Waals surface area contributed by atoms with Crippen LogP contribution in [-0.2, 0) is 24.0 Å². The number of hydrogen-bond acceptors (Lipinski definition) is 7. The fourth-order valence-electron chi connectivity index (χ4n) is 2.34. The van der Waals surface area contributed by atoms with Crippen LogP contribution in [-0.4, -0.2) is 71.4 Å². The highest BCUT2D eigenvalue weighted by molar-refractivity contribution is 7.98. The molecule has 0 aliphatic carbocycles. The number of rotatable bonds is 14. The van der Waals surface area contributed by atoms with Crippen LogP contribution in [0, 0.1) is 5.92 Å². The minimum Gasteiger partial charge on any atom is -0.480 e. The zero-order valence-corrected chi connectivity index (χ0v) is 17.7. The largest absolute Gasteiger partial charge is 0.480 e. The Bertz CT molecular complexity index is 601. The predicted molar refractivity (Wildman–Crippen MR) is 109 cm³/mol. The Balaban J connectivity index is 4.80. The number of aliphatic carboxylic acids is 1. The summed E-state index contributed by atoms with van der Waals surface area (Å²) < 4.78 is 0. The Kier molecular flexibility index (Phi) is 12.7. The van der Waals surface area contributed by atoms with Crippen LogP contribution in [0.5, 0.6) is 0 Å². The lowest BCUT2D eigenvalue weighted by Crippen LogP contribution is -2.54. The maximum absolute atomic E-state index is 12.4. The maximum Gasteiger partial charge on any atom is 0.326 e. The molecule has 166 valence electrons. The first kappa shape index (κ1) is 26.7. The van der Waals surface area contributed by atoms with Crippen LogP contribution in [0.1, 0.15) is 33.1 Å². The van der Waals surface area contributed by atoms with E-state index in [2.05, 4.69) is 16.0 Å². The lowest BCUT2D eigenvalue weighted by molar-refractivity contribution is -0.143. The monoisotopic (exact) mass is 433 g/mol. The smallest absolute Gasteiger partial charge is 0.326 e. The normalized spacial score (nSPS) is 13.8. The van der Waals surface area contributed by atoms with Gasteiger partial charge in [-0.15, -0.1) is 0 Å². The molecule has 0 heterocycles. The molecule has 11 nitrogen and oxygen atoms in total. The molecule has 29 heavy (non-hydrogen) atoms. The van der Waals surface area contributed by atoms with Crippen LogP contribution < -0.4 is 27.4 Å². The van der Waals surface area contributed by atoms with Gasteiger partial charge in [0.1, 0.15) is 12.1 Å². The van der Waals surface area contributed by atoms with Crippen LogP contribution in [0.25, 0.3) is 0 Å². The van der Waals surface area contributed by atoms with E-state index < -0.39 is 60.7 Å². The number of thioether (sulfide) groups is 1. The molecule has 0 aliphatic rings. The molecule has 0 saturated carbocycles. The van der Waals surface area contributed by atoms with Crippen LogP contribution in [0.4, 0.5) is 0 Å². The minimum atomic E-state index is -1.49. The topological polar surface area (TPSA) is 194 Å². The first-order chi connectivity index (χ1) is 13.5. The molecule has 0 radical (unpaired) electrons. The third-order valence-electron chi connectivity index (χ3n) is 3.77. The van der Waals surface area contributed by atoms with Gasteiger partial charge >= 0.3 is 5.97 Å². The lowest BCUT2D eigenvalue weighted by Gasteiger charge is -2.21. The summed E-state index contributed by atoms with van der Waals surface area (Å²) in [7, 11) is 0. The van der Waals surface area contributed by atoms with Gasteiger partial charge in [0, 0.05) is 0 Å². The zero-order valence-electron chi connectivity index (χ0n) is 16.9. The average Bonchev–Trinajstić information content (AvgIpc) is 2.61. The number of primary amides is 1. The Morgan fingerprint density at radius 1 is 1.03 bits per heavy atom. The van der Waals surface area contributed by atoms with E-state index in [0.29, 0.717) is 18.6 Å². The Labute approximate surface area is 174 Å². The van der Waals surface area contributed by atoms with Crippen molar-refractivity contribution in [2.75, 3.05) is 18.6 Å². The second-order valence-corrected chi connectivity index (χ2v) is 7.91. The summed E-state index contributed by atoms with van der Waals surface area (Å²) in [6.45, 7) is 3.32. The molecule has 8 N–H and O–H groups in total. The molecule has 0 aromatic carbocycles. The second kappa shape index (κ2) is 13.8. The third kappa shape index (κ3) is 12.0. The number of carbonyl (C=O) groups excluding carboxylic acids is 4. The fraction of sp³-hybridized carbons (Fsp3) is 0.706. The summed E-state index contributed by atoms with van der Waals surface area (Å²) in [5, 5.41) is 16.0. The van der Waals surface area contributed by atoms with Crippen molar-refractivity contribution in [2.24, 2.45) is 17.4 Å². The van der Waals surface area contributed by atoms with Gasteiger partial charge in [-0.2, -0.15) is 11.8 Å². The molecule has 4 amide bonds.